The smallest absolute Gasteiger partial charge is 0.319 e. The zero-order valence-electron chi connectivity index (χ0n) is 16.0. The van der Waals surface area contributed by atoms with Crippen molar-refractivity contribution < 1.29 is 22.7 Å². The van der Waals surface area contributed by atoms with Crippen LogP contribution in [0.1, 0.15) is 22.3 Å². The van der Waals surface area contributed by atoms with E-state index in [1.807, 2.05) is 24.3 Å². The molecule has 3 N–H and O–H groups in total. The van der Waals surface area contributed by atoms with Crippen molar-refractivity contribution in [2.45, 2.75) is 19.0 Å². The third-order valence-electron chi connectivity index (χ3n) is 4.60. The highest BCUT2D eigenvalue weighted by atomic mass is 32.2. The first-order chi connectivity index (χ1) is 13.9. The molecule has 154 valence electrons. The van der Waals surface area contributed by atoms with E-state index >= 15 is 0 Å². The van der Waals surface area contributed by atoms with Gasteiger partial charge in [-0.15, -0.1) is 0 Å². The molecular weight excluding hydrogens is 394 g/mol. The Balaban J connectivity index is 1.51. The van der Waals surface area contributed by atoms with Gasteiger partial charge in [-0.2, -0.15) is 0 Å². The molecule has 8 nitrogen and oxygen atoms in total. The van der Waals surface area contributed by atoms with Crippen LogP contribution in [0.15, 0.2) is 48.5 Å². The van der Waals surface area contributed by atoms with E-state index in [1.165, 1.54) is 0 Å². The Bertz CT molecular complexity index is 989. The fraction of sp³-hybridized carbons (Fsp3) is 0.300. The van der Waals surface area contributed by atoms with E-state index < -0.39 is 15.9 Å². The molecular formula is C20H23N3O5S. The summed E-state index contributed by atoms with van der Waals surface area (Å²) in [5.74, 6) is 0.513. The van der Waals surface area contributed by atoms with E-state index in [4.69, 9.17) is 4.74 Å². The number of sulfone groups is 1. The minimum Gasteiger partial charge on any atom is -0.496 e. The normalized spacial score (nSPS) is 17.3. The number of nitrogens with one attached hydrogen (secondary N) is 3. The van der Waals surface area contributed by atoms with Gasteiger partial charge in [0.15, 0.2) is 9.84 Å². The van der Waals surface area contributed by atoms with E-state index in [1.54, 1.807) is 31.4 Å². The van der Waals surface area contributed by atoms with Crippen LogP contribution < -0.4 is 20.7 Å². The molecule has 1 aliphatic heterocycles. The summed E-state index contributed by atoms with van der Waals surface area (Å²) >= 11 is 0. The molecule has 1 aliphatic rings. The number of hydrogen-bond acceptors (Lipinski definition) is 5. The Morgan fingerprint density at radius 2 is 1.83 bits per heavy atom. The van der Waals surface area contributed by atoms with Crippen LogP contribution >= 0.6 is 0 Å². The average Bonchev–Trinajstić information content (AvgIpc) is 3.04. The number of amides is 3. The molecule has 3 amide bonds. The molecule has 1 heterocycles. The van der Waals surface area contributed by atoms with Crippen LogP contribution in [0.2, 0.25) is 0 Å². The maximum Gasteiger partial charge on any atom is 0.319 e. The molecule has 29 heavy (non-hydrogen) atoms. The highest BCUT2D eigenvalue weighted by Crippen LogP contribution is 2.17. The summed E-state index contributed by atoms with van der Waals surface area (Å²) in [6.45, 7) is 0.329. The van der Waals surface area contributed by atoms with Crippen LogP contribution in [-0.4, -0.2) is 45.0 Å². The van der Waals surface area contributed by atoms with Gasteiger partial charge in [-0.1, -0.05) is 18.2 Å². The summed E-state index contributed by atoms with van der Waals surface area (Å²) in [6, 6.07) is 13.0. The molecule has 9 heteroatoms. The Labute approximate surface area is 169 Å². The van der Waals surface area contributed by atoms with Crippen LogP contribution in [0.4, 0.5) is 10.5 Å². The third-order valence-corrected chi connectivity index (χ3v) is 6.37. The number of carbonyl (C=O) groups is 2. The lowest BCUT2D eigenvalue weighted by Crippen LogP contribution is -2.38. The second-order valence-corrected chi connectivity index (χ2v) is 9.00. The van der Waals surface area contributed by atoms with E-state index in [2.05, 4.69) is 16.0 Å². The standard InChI is InChI=1S/C20H23N3O5S/c1-28-18-5-3-2-4-15(18)12-21-19(24)14-6-8-16(9-7-14)22-20(25)23-17-10-11-29(26,27)13-17/h2-9,17H,10-13H2,1H3,(H,21,24)(H2,22,23,25)/t17-/m0/s1. The molecule has 1 fully saturated rings. The van der Waals surface area contributed by atoms with Crippen molar-refractivity contribution in [3.8, 4) is 5.75 Å². The molecule has 0 aliphatic carbocycles. The predicted molar refractivity (Wildman–Crippen MR) is 110 cm³/mol. The third kappa shape index (κ3) is 5.71. The lowest BCUT2D eigenvalue weighted by atomic mass is 10.1. The van der Waals surface area contributed by atoms with Crippen molar-refractivity contribution in [2.75, 3.05) is 23.9 Å². The van der Waals surface area contributed by atoms with Gasteiger partial charge < -0.3 is 20.7 Å². The zero-order valence-corrected chi connectivity index (χ0v) is 16.8. The van der Waals surface area contributed by atoms with Crippen LogP contribution in [0.3, 0.4) is 0 Å². The van der Waals surface area contributed by atoms with Crippen molar-refractivity contribution >= 4 is 27.5 Å². The molecule has 2 aromatic carbocycles. The molecule has 0 unspecified atom stereocenters. The monoisotopic (exact) mass is 417 g/mol. The first-order valence-electron chi connectivity index (χ1n) is 9.14. The highest BCUT2D eigenvalue weighted by molar-refractivity contribution is 7.91. The first-order valence-corrected chi connectivity index (χ1v) is 11.0. The van der Waals surface area contributed by atoms with Gasteiger partial charge >= 0.3 is 6.03 Å². The minimum absolute atomic E-state index is 0.0360. The molecule has 3 rings (SSSR count). The first kappa shape index (κ1) is 20.7. The van der Waals surface area contributed by atoms with Crippen LogP contribution in [0, 0.1) is 0 Å². The number of para-hydroxylation sites is 1. The molecule has 0 radical (unpaired) electrons. The number of urea groups is 1. The van der Waals surface area contributed by atoms with Crippen molar-refractivity contribution in [3.63, 3.8) is 0 Å². The van der Waals surface area contributed by atoms with Gasteiger partial charge in [-0.25, -0.2) is 13.2 Å². The quantitative estimate of drug-likeness (QED) is 0.665. The van der Waals surface area contributed by atoms with E-state index in [-0.39, 0.29) is 23.5 Å². The van der Waals surface area contributed by atoms with Crippen LogP contribution in [0.5, 0.6) is 5.75 Å². The van der Waals surface area contributed by atoms with Gasteiger partial charge in [0.2, 0.25) is 0 Å². The SMILES string of the molecule is COc1ccccc1CNC(=O)c1ccc(NC(=O)N[C@H]2CCS(=O)(=O)C2)cc1. The van der Waals surface area contributed by atoms with E-state index in [0.29, 0.717) is 30.0 Å². The number of ether oxygens (including phenoxy) is 1. The Morgan fingerprint density at radius 1 is 1.10 bits per heavy atom. The van der Waals surface area contributed by atoms with Crippen LogP contribution in [0.25, 0.3) is 0 Å². The van der Waals surface area contributed by atoms with Gasteiger partial charge in [-0.05, 0) is 36.8 Å². The summed E-state index contributed by atoms with van der Waals surface area (Å²) in [6.07, 6.45) is 0.418. The van der Waals surface area contributed by atoms with Gasteiger partial charge in [-0.3, -0.25) is 4.79 Å². The van der Waals surface area contributed by atoms with Crippen molar-refractivity contribution in [1.82, 2.24) is 10.6 Å². The number of carbonyl (C=O) groups excluding carboxylic acids is 2. The highest BCUT2D eigenvalue weighted by Gasteiger charge is 2.28. The largest absolute Gasteiger partial charge is 0.496 e. The Morgan fingerprint density at radius 3 is 2.48 bits per heavy atom. The van der Waals surface area contributed by atoms with Crippen LogP contribution in [-0.2, 0) is 16.4 Å². The maximum absolute atomic E-state index is 12.3. The number of benzene rings is 2. The average molecular weight is 417 g/mol. The minimum atomic E-state index is -3.05. The number of anilines is 1. The molecule has 1 saturated heterocycles. The fourth-order valence-corrected chi connectivity index (χ4v) is 4.77. The summed E-state index contributed by atoms with van der Waals surface area (Å²) < 4.78 is 28.2. The molecule has 0 aromatic heterocycles. The topological polar surface area (TPSA) is 114 Å². The molecule has 0 bridgehead atoms. The predicted octanol–water partition coefficient (Wildman–Crippen LogP) is 1.93. The second-order valence-electron chi connectivity index (χ2n) is 6.77. The van der Waals surface area contributed by atoms with E-state index in [9.17, 15) is 18.0 Å². The number of methoxy groups -OCH3 is 1. The summed E-state index contributed by atoms with van der Waals surface area (Å²) in [7, 11) is -1.48. The van der Waals surface area contributed by atoms with Crippen molar-refractivity contribution in [3.05, 3.63) is 59.7 Å². The number of rotatable bonds is 6. The number of hydrogen-bond donors (Lipinski definition) is 3. The van der Waals surface area contributed by atoms with Crippen molar-refractivity contribution in [2.24, 2.45) is 0 Å². The second kappa shape index (κ2) is 8.95. The summed E-state index contributed by atoms with van der Waals surface area (Å²) in [4.78, 5) is 24.3. The lowest BCUT2D eigenvalue weighted by molar-refractivity contribution is 0.0950. The Kier molecular flexibility index (Phi) is 6.38. The molecule has 2 aromatic rings. The molecule has 0 saturated carbocycles. The Hall–Kier alpha value is -3.07. The van der Waals surface area contributed by atoms with Crippen molar-refractivity contribution in [1.29, 1.82) is 0 Å². The van der Waals surface area contributed by atoms with Gasteiger partial charge in [0, 0.05) is 29.4 Å². The maximum atomic E-state index is 12.3. The van der Waals surface area contributed by atoms with Gasteiger partial charge in [0.25, 0.3) is 5.91 Å². The zero-order chi connectivity index (χ0) is 20.9. The fourth-order valence-electron chi connectivity index (χ4n) is 3.09. The summed E-state index contributed by atoms with van der Waals surface area (Å²) in [5.41, 5.74) is 1.82. The van der Waals surface area contributed by atoms with Gasteiger partial charge in [0.1, 0.15) is 5.75 Å². The lowest BCUT2D eigenvalue weighted by Gasteiger charge is -2.12. The molecule has 1 atom stereocenters. The summed E-state index contributed by atoms with van der Waals surface area (Å²) in [5, 5.41) is 8.12. The van der Waals surface area contributed by atoms with E-state index in [0.717, 1.165) is 5.56 Å². The van der Waals surface area contributed by atoms with Gasteiger partial charge in [0.05, 0.1) is 18.6 Å². The molecule has 0 spiro atoms.